The fraction of sp³-hybridized carbons (Fsp3) is 0.176. The Kier molecular flexibility index (Phi) is 5.58. The average molecular weight is 349 g/mol. The first-order valence-corrected chi connectivity index (χ1v) is 8.16. The third-order valence-electron chi connectivity index (χ3n) is 3.30. The van der Waals surface area contributed by atoms with Gasteiger partial charge in [0.1, 0.15) is 0 Å². The third kappa shape index (κ3) is 4.00. The summed E-state index contributed by atoms with van der Waals surface area (Å²) < 4.78 is 2.55. The van der Waals surface area contributed by atoms with E-state index in [1.165, 1.54) is 8.52 Å². The second kappa shape index (κ2) is 7.44. The van der Waals surface area contributed by atoms with Gasteiger partial charge in [-0.25, -0.2) is 13.3 Å². The van der Waals surface area contributed by atoms with Gasteiger partial charge >= 0.3 is 10.6 Å². The van der Waals surface area contributed by atoms with E-state index in [1.54, 1.807) is 24.3 Å². The summed E-state index contributed by atoms with van der Waals surface area (Å²) in [6.45, 7) is 7.73. The van der Waals surface area contributed by atoms with Gasteiger partial charge in [0.2, 0.25) is 0 Å². The second-order valence-electron chi connectivity index (χ2n) is 4.96. The molecule has 23 heavy (non-hydrogen) atoms. The molecule has 1 aromatic carbocycles. The topological polar surface area (TPSA) is 44.0 Å². The number of nitrogens with zero attached hydrogens (tertiary/aromatic N) is 2. The predicted molar refractivity (Wildman–Crippen MR) is 97.3 cm³/mol. The summed E-state index contributed by atoms with van der Waals surface area (Å²) in [7, 11) is 0. The maximum absolute atomic E-state index is 12.5. The number of hydrogen-bond donors (Lipinski definition) is 0. The van der Waals surface area contributed by atoms with E-state index in [1.807, 2.05) is 32.1 Å². The van der Waals surface area contributed by atoms with E-state index < -0.39 is 0 Å². The Hall–Kier alpha value is -2.11. The molecular formula is C17H17ClN2O2S. The molecule has 0 unspecified atom stereocenters. The molecule has 4 nitrogen and oxygen atoms in total. The third-order valence-corrected chi connectivity index (χ3v) is 4.46. The van der Waals surface area contributed by atoms with Gasteiger partial charge in [-0.2, -0.15) is 0 Å². The summed E-state index contributed by atoms with van der Waals surface area (Å²) in [5.41, 5.74) is 1.98. The zero-order valence-corrected chi connectivity index (χ0v) is 14.5. The van der Waals surface area contributed by atoms with Crippen LogP contribution in [0.1, 0.15) is 19.4 Å². The van der Waals surface area contributed by atoms with Crippen LogP contribution in [-0.2, 0) is 6.54 Å². The molecule has 0 saturated carbocycles. The lowest BCUT2D eigenvalue weighted by Crippen LogP contribution is -2.29. The zero-order chi connectivity index (χ0) is 17.0. The van der Waals surface area contributed by atoms with Crippen LogP contribution in [0, 0.1) is 0 Å². The molecule has 1 heterocycles. The highest BCUT2D eigenvalue weighted by atomic mass is 35.5. The van der Waals surface area contributed by atoms with Gasteiger partial charge in [-0.05, 0) is 43.7 Å². The molecule has 2 rings (SSSR count). The molecule has 6 heteroatoms. The van der Waals surface area contributed by atoms with E-state index in [-0.39, 0.29) is 17.1 Å². The lowest BCUT2D eigenvalue weighted by Gasteiger charge is -2.03. The van der Waals surface area contributed by atoms with Crippen LogP contribution in [0.25, 0.3) is 5.70 Å². The van der Waals surface area contributed by atoms with Crippen LogP contribution in [0.15, 0.2) is 64.2 Å². The van der Waals surface area contributed by atoms with Gasteiger partial charge in [0.05, 0.1) is 12.2 Å². The molecule has 0 radical (unpaired) electrons. The van der Waals surface area contributed by atoms with E-state index in [0.717, 1.165) is 22.7 Å². The Morgan fingerprint density at radius 3 is 2.74 bits per heavy atom. The normalized spacial score (nSPS) is 12.5. The first-order valence-electron chi connectivity index (χ1n) is 7.01. The van der Waals surface area contributed by atoms with Crippen LogP contribution in [0.5, 0.6) is 0 Å². The summed E-state index contributed by atoms with van der Waals surface area (Å²) in [6, 6.07) is 7.11. The minimum atomic E-state index is -0.380. The zero-order valence-electron chi connectivity index (χ0n) is 13.0. The van der Waals surface area contributed by atoms with Crippen molar-refractivity contribution in [1.82, 2.24) is 8.52 Å². The van der Waals surface area contributed by atoms with Crippen molar-refractivity contribution >= 4 is 28.8 Å². The molecule has 0 amide bonds. The van der Waals surface area contributed by atoms with Crippen LogP contribution < -0.4 is 10.6 Å². The van der Waals surface area contributed by atoms with Gasteiger partial charge in [-0.15, -0.1) is 0 Å². The van der Waals surface area contributed by atoms with Crippen LogP contribution in [0.2, 0.25) is 5.02 Å². The van der Waals surface area contributed by atoms with Gasteiger partial charge in [-0.3, -0.25) is 4.79 Å². The van der Waals surface area contributed by atoms with Crippen LogP contribution in [-0.4, -0.2) is 8.52 Å². The molecule has 0 N–H and O–H groups in total. The van der Waals surface area contributed by atoms with E-state index in [4.69, 9.17) is 11.6 Å². The number of hydrogen-bond acceptors (Lipinski definition) is 3. The lowest BCUT2D eigenvalue weighted by atomic mass is 10.2. The molecule has 0 spiro atoms. The summed E-state index contributed by atoms with van der Waals surface area (Å²) >= 11 is 6.81. The summed E-state index contributed by atoms with van der Waals surface area (Å²) in [5.74, 6) is 0. The number of allylic oxidation sites excluding steroid dienone is 5. The molecule has 0 atom stereocenters. The quantitative estimate of drug-likeness (QED) is 0.772. The molecule has 0 aliphatic rings. The van der Waals surface area contributed by atoms with Gasteiger partial charge in [0, 0.05) is 16.6 Å². The number of benzene rings is 1. The highest BCUT2D eigenvalue weighted by Gasteiger charge is 2.12. The minimum Gasteiger partial charge on any atom is -0.255 e. The van der Waals surface area contributed by atoms with E-state index in [2.05, 4.69) is 6.58 Å². The summed E-state index contributed by atoms with van der Waals surface area (Å²) in [4.78, 5) is 24.4. The number of aromatic nitrogens is 2. The van der Waals surface area contributed by atoms with Crippen LogP contribution >= 0.6 is 23.1 Å². The maximum atomic E-state index is 12.5. The molecule has 0 fully saturated rings. The molecule has 0 bridgehead atoms. The standard InChI is InChI=1S/C17H17ClN2O2S/c1-4-12(3)9-15(5-2)20-16(21)19(17(22)23-20)11-13-7-6-8-14(18)10-13/h4-10H,2,11H2,1,3H3/b12-4-,15-9+. The van der Waals surface area contributed by atoms with Crippen molar-refractivity contribution in [1.29, 1.82) is 0 Å². The first kappa shape index (κ1) is 17.2. The van der Waals surface area contributed by atoms with Crippen molar-refractivity contribution < 1.29 is 0 Å². The minimum absolute atomic E-state index is 0.189. The monoisotopic (exact) mass is 348 g/mol. The van der Waals surface area contributed by atoms with Gasteiger partial charge < -0.3 is 0 Å². The predicted octanol–water partition coefficient (Wildman–Crippen LogP) is 3.77. The van der Waals surface area contributed by atoms with Crippen molar-refractivity contribution in [3.05, 3.63) is 85.4 Å². The van der Waals surface area contributed by atoms with Crippen molar-refractivity contribution in [3.63, 3.8) is 0 Å². The largest absolute Gasteiger partial charge is 0.346 e. The molecule has 120 valence electrons. The Bertz CT molecular complexity index is 900. The second-order valence-corrected chi connectivity index (χ2v) is 6.29. The van der Waals surface area contributed by atoms with Crippen molar-refractivity contribution in [3.8, 4) is 0 Å². The fourth-order valence-corrected chi connectivity index (χ4v) is 3.00. The Morgan fingerprint density at radius 2 is 2.13 bits per heavy atom. The van der Waals surface area contributed by atoms with Crippen molar-refractivity contribution in [2.24, 2.45) is 0 Å². The van der Waals surface area contributed by atoms with Gasteiger partial charge in [0.15, 0.2) is 0 Å². The number of rotatable bonds is 5. The van der Waals surface area contributed by atoms with Crippen LogP contribution in [0.3, 0.4) is 0 Å². The fourth-order valence-electron chi connectivity index (χ4n) is 1.98. The summed E-state index contributed by atoms with van der Waals surface area (Å²) in [6.07, 6.45) is 5.29. The first-order chi connectivity index (χ1) is 11.0. The van der Waals surface area contributed by atoms with E-state index in [9.17, 15) is 9.59 Å². The van der Waals surface area contributed by atoms with Crippen molar-refractivity contribution in [2.75, 3.05) is 0 Å². The average Bonchev–Trinajstić information content (AvgIpc) is 2.80. The van der Waals surface area contributed by atoms with Gasteiger partial charge in [0.25, 0.3) is 0 Å². The Labute approximate surface area is 143 Å². The maximum Gasteiger partial charge on any atom is 0.346 e. The van der Waals surface area contributed by atoms with Crippen molar-refractivity contribution in [2.45, 2.75) is 20.4 Å². The Morgan fingerprint density at radius 1 is 1.39 bits per heavy atom. The molecule has 0 saturated heterocycles. The molecule has 1 aromatic heterocycles. The molecular weight excluding hydrogens is 332 g/mol. The highest BCUT2D eigenvalue weighted by molar-refractivity contribution is 7.04. The SMILES string of the molecule is C=C/C(=C\C(C)=C/C)n1sc(=O)n(Cc2cccc(Cl)c2)c1=O. The highest BCUT2D eigenvalue weighted by Crippen LogP contribution is 2.12. The smallest absolute Gasteiger partial charge is 0.255 e. The van der Waals surface area contributed by atoms with E-state index in [0.29, 0.717) is 10.7 Å². The summed E-state index contributed by atoms with van der Waals surface area (Å²) in [5, 5.41) is 0.571. The lowest BCUT2D eigenvalue weighted by molar-refractivity contribution is 0.726. The van der Waals surface area contributed by atoms with Crippen LogP contribution in [0.4, 0.5) is 0 Å². The van der Waals surface area contributed by atoms with E-state index >= 15 is 0 Å². The molecule has 2 aromatic rings. The van der Waals surface area contributed by atoms with Gasteiger partial charge in [-0.1, -0.05) is 42.0 Å². The Balaban J connectivity index is 2.48. The number of halogens is 1. The molecule has 0 aliphatic heterocycles. The molecule has 0 aliphatic carbocycles.